The molecule has 1 aromatic carbocycles. The summed E-state index contributed by atoms with van der Waals surface area (Å²) in [6.45, 7) is 4.75. The molecule has 1 aromatic rings. The van der Waals surface area contributed by atoms with Crippen molar-refractivity contribution >= 4 is 17.9 Å². The van der Waals surface area contributed by atoms with Crippen molar-refractivity contribution in [1.29, 1.82) is 0 Å². The quantitative estimate of drug-likeness (QED) is 0.811. The molecule has 0 spiro atoms. The summed E-state index contributed by atoms with van der Waals surface area (Å²) in [6.07, 6.45) is 0. The van der Waals surface area contributed by atoms with Gasteiger partial charge in [-0.1, -0.05) is 23.8 Å². The number of rotatable bonds is 3. The number of benzene rings is 1. The van der Waals surface area contributed by atoms with Gasteiger partial charge >= 0.3 is 12.0 Å². The van der Waals surface area contributed by atoms with Gasteiger partial charge in [-0.05, 0) is 31.9 Å². The van der Waals surface area contributed by atoms with Crippen LogP contribution in [0, 0.1) is 13.8 Å². The van der Waals surface area contributed by atoms with Crippen LogP contribution in [0.15, 0.2) is 18.2 Å². The number of nitrogens with one attached hydrogen (secondary N) is 1. The van der Waals surface area contributed by atoms with Crippen molar-refractivity contribution in [3.63, 3.8) is 0 Å². The van der Waals surface area contributed by atoms with E-state index in [2.05, 4.69) is 5.32 Å². The summed E-state index contributed by atoms with van der Waals surface area (Å²) in [5, 5.41) is 11.4. The van der Waals surface area contributed by atoms with E-state index in [-0.39, 0.29) is 0 Å². The number of aliphatic carboxylic acids is 1. The van der Waals surface area contributed by atoms with Crippen LogP contribution in [0.3, 0.4) is 0 Å². The van der Waals surface area contributed by atoms with Crippen LogP contribution < -0.4 is 5.32 Å². The number of urea groups is 1. The van der Waals surface area contributed by atoms with Crippen molar-refractivity contribution in [2.75, 3.05) is 6.54 Å². The Bertz CT molecular complexity index is 611. The van der Waals surface area contributed by atoms with Gasteiger partial charge in [-0.25, -0.2) is 4.79 Å². The molecule has 2 rings (SSSR count). The van der Waals surface area contributed by atoms with Crippen LogP contribution in [0.4, 0.5) is 4.79 Å². The highest BCUT2D eigenvalue weighted by Gasteiger charge is 2.50. The van der Waals surface area contributed by atoms with Crippen molar-refractivity contribution in [1.82, 2.24) is 10.2 Å². The molecule has 0 saturated carbocycles. The number of nitrogens with zero attached hydrogens (tertiary/aromatic N) is 1. The Labute approximate surface area is 116 Å². The Morgan fingerprint density at radius 3 is 2.55 bits per heavy atom. The number of imide groups is 1. The summed E-state index contributed by atoms with van der Waals surface area (Å²) >= 11 is 0. The van der Waals surface area contributed by atoms with Gasteiger partial charge in [-0.15, -0.1) is 0 Å². The Morgan fingerprint density at radius 2 is 2.00 bits per heavy atom. The third-order valence-corrected chi connectivity index (χ3v) is 3.49. The number of hydrogen-bond acceptors (Lipinski definition) is 3. The lowest BCUT2D eigenvalue weighted by Gasteiger charge is -2.24. The number of carbonyl (C=O) groups excluding carboxylic acids is 2. The van der Waals surface area contributed by atoms with E-state index in [0.29, 0.717) is 5.56 Å². The van der Waals surface area contributed by atoms with Gasteiger partial charge in [0.05, 0.1) is 0 Å². The van der Waals surface area contributed by atoms with Gasteiger partial charge in [-0.2, -0.15) is 0 Å². The number of amides is 3. The molecule has 1 fully saturated rings. The fourth-order valence-corrected chi connectivity index (χ4v) is 2.53. The maximum atomic E-state index is 12.4. The average molecular weight is 276 g/mol. The van der Waals surface area contributed by atoms with E-state index >= 15 is 0 Å². The molecule has 0 aliphatic carbocycles. The SMILES string of the molecule is Cc1ccc(C2(C)NC(=O)N(CC(=O)O)C2=O)c(C)c1. The first-order valence-corrected chi connectivity index (χ1v) is 6.19. The number of carbonyl (C=O) groups is 3. The lowest BCUT2D eigenvalue weighted by atomic mass is 9.88. The minimum Gasteiger partial charge on any atom is -0.480 e. The molecule has 106 valence electrons. The molecule has 3 amide bonds. The standard InChI is InChI=1S/C14H16N2O4/c1-8-4-5-10(9(2)6-8)14(3)12(19)16(7-11(17)18)13(20)15-14/h4-6H,7H2,1-3H3,(H,15,20)(H,17,18). The first-order valence-electron chi connectivity index (χ1n) is 6.19. The Balaban J connectivity index is 2.43. The van der Waals surface area contributed by atoms with Crippen LogP contribution in [0.1, 0.15) is 23.6 Å². The third-order valence-electron chi connectivity index (χ3n) is 3.49. The monoisotopic (exact) mass is 276 g/mol. The highest BCUT2D eigenvalue weighted by molar-refractivity contribution is 6.08. The minimum atomic E-state index is -1.22. The third kappa shape index (κ3) is 2.13. The lowest BCUT2D eigenvalue weighted by molar-refractivity contribution is -0.142. The summed E-state index contributed by atoms with van der Waals surface area (Å²) in [6, 6.07) is 4.87. The Morgan fingerprint density at radius 1 is 1.35 bits per heavy atom. The van der Waals surface area contributed by atoms with Gasteiger partial charge < -0.3 is 10.4 Å². The summed E-state index contributed by atoms with van der Waals surface area (Å²) in [5.41, 5.74) is 1.38. The summed E-state index contributed by atoms with van der Waals surface area (Å²) in [5.74, 6) is -1.77. The molecule has 1 atom stereocenters. The number of carboxylic acid groups (broad SMARTS) is 1. The molecule has 0 radical (unpaired) electrons. The molecule has 6 heteroatoms. The van der Waals surface area contributed by atoms with E-state index in [1.807, 2.05) is 26.0 Å². The molecule has 0 aromatic heterocycles. The molecule has 1 heterocycles. The van der Waals surface area contributed by atoms with E-state index in [4.69, 9.17) is 5.11 Å². The van der Waals surface area contributed by atoms with E-state index in [0.717, 1.165) is 16.0 Å². The molecule has 1 unspecified atom stereocenters. The van der Waals surface area contributed by atoms with Crippen LogP contribution >= 0.6 is 0 Å². The van der Waals surface area contributed by atoms with Gasteiger partial charge in [0.2, 0.25) is 0 Å². The maximum absolute atomic E-state index is 12.4. The topological polar surface area (TPSA) is 86.7 Å². The Kier molecular flexibility index (Phi) is 3.25. The fourth-order valence-electron chi connectivity index (χ4n) is 2.53. The van der Waals surface area contributed by atoms with Gasteiger partial charge in [0.1, 0.15) is 12.1 Å². The molecular weight excluding hydrogens is 260 g/mol. The van der Waals surface area contributed by atoms with E-state index in [1.54, 1.807) is 13.0 Å². The first-order chi connectivity index (χ1) is 9.25. The van der Waals surface area contributed by atoms with Crippen molar-refractivity contribution in [2.24, 2.45) is 0 Å². The van der Waals surface area contributed by atoms with Crippen molar-refractivity contribution < 1.29 is 19.5 Å². The molecule has 1 saturated heterocycles. The van der Waals surface area contributed by atoms with Gasteiger partial charge in [0.25, 0.3) is 5.91 Å². The van der Waals surface area contributed by atoms with Gasteiger partial charge in [0.15, 0.2) is 0 Å². The zero-order valence-electron chi connectivity index (χ0n) is 11.6. The van der Waals surface area contributed by atoms with Crippen LogP contribution in [-0.4, -0.2) is 34.5 Å². The molecule has 6 nitrogen and oxygen atoms in total. The van der Waals surface area contributed by atoms with Gasteiger partial charge in [0, 0.05) is 0 Å². The van der Waals surface area contributed by atoms with Crippen molar-refractivity contribution in [2.45, 2.75) is 26.3 Å². The molecule has 0 bridgehead atoms. The van der Waals surface area contributed by atoms with Crippen molar-refractivity contribution in [3.05, 3.63) is 34.9 Å². The zero-order chi connectivity index (χ0) is 15.1. The second-order valence-corrected chi connectivity index (χ2v) is 5.16. The molecule has 2 N–H and O–H groups in total. The first kappa shape index (κ1) is 14.0. The van der Waals surface area contributed by atoms with Crippen LogP contribution in [0.5, 0.6) is 0 Å². The average Bonchev–Trinajstić information content (AvgIpc) is 2.53. The number of carboxylic acids is 1. The second kappa shape index (κ2) is 4.63. The Hall–Kier alpha value is -2.37. The molecule has 1 aliphatic heterocycles. The normalized spacial score (nSPS) is 22.1. The predicted molar refractivity (Wildman–Crippen MR) is 71.1 cm³/mol. The summed E-state index contributed by atoms with van der Waals surface area (Å²) in [7, 11) is 0. The smallest absolute Gasteiger partial charge is 0.325 e. The van der Waals surface area contributed by atoms with E-state index in [9.17, 15) is 14.4 Å². The highest BCUT2D eigenvalue weighted by atomic mass is 16.4. The lowest BCUT2D eigenvalue weighted by Crippen LogP contribution is -2.42. The largest absolute Gasteiger partial charge is 0.480 e. The number of aryl methyl sites for hydroxylation is 2. The summed E-state index contributed by atoms with van der Waals surface area (Å²) < 4.78 is 0. The zero-order valence-corrected chi connectivity index (χ0v) is 11.6. The minimum absolute atomic E-state index is 0.545. The molecule has 1 aliphatic rings. The van der Waals surface area contributed by atoms with Gasteiger partial charge in [-0.3, -0.25) is 14.5 Å². The predicted octanol–water partition coefficient (Wildman–Crippen LogP) is 1.16. The van der Waals surface area contributed by atoms with Crippen molar-refractivity contribution in [3.8, 4) is 0 Å². The maximum Gasteiger partial charge on any atom is 0.325 e. The second-order valence-electron chi connectivity index (χ2n) is 5.16. The molecule has 20 heavy (non-hydrogen) atoms. The number of hydrogen-bond donors (Lipinski definition) is 2. The highest BCUT2D eigenvalue weighted by Crippen LogP contribution is 2.31. The molecular formula is C14H16N2O4. The van der Waals surface area contributed by atoms with Crippen LogP contribution in [0.2, 0.25) is 0 Å². The fraction of sp³-hybridized carbons (Fsp3) is 0.357. The van der Waals surface area contributed by atoms with Crippen LogP contribution in [-0.2, 0) is 15.1 Å². The van der Waals surface area contributed by atoms with E-state index < -0.39 is 30.0 Å². The van der Waals surface area contributed by atoms with E-state index in [1.165, 1.54) is 0 Å². The van der Waals surface area contributed by atoms with Crippen LogP contribution in [0.25, 0.3) is 0 Å². The summed E-state index contributed by atoms with van der Waals surface area (Å²) in [4.78, 5) is 35.7.